The first-order valence-electron chi connectivity index (χ1n) is 7.76. The second-order valence-corrected chi connectivity index (χ2v) is 5.90. The third-order valence-corrected chi connectivity index (χ3v) is 4.23. The molecule has 0 radical (unpaired) electrons. The molecule has 7 heteroatoms. The largest absolute Gasteiger partial charge is 0.464 e. The Labute approximate surface area is 129 Å². The molecule has 3 heterocycles. The van der Waals surface area contributed by atoms with Gasteiger partial charge in [-0.2, -0.15) is 0 Å². The first-order valence-corrected chi connectivity index (χ1v) is 7.76. The zero-order chi connectivity index (χ0) is 15.5. The summed E-state index contributed by atoms with van der Waals surface area (Å²) in [4.78, 5) is 14.5. The number of nitrogens with zero attached hydrogens (tertiary/aromatic N) is 5. The van der Waals surface area contributed by atoms with Gasteiger partial charge in [-0.1, -0.05) is 13.8 Å². The molecule has 3 rings (SSSR count). The smallest absolute Gasteiger partial charge is 0.245 e. The number of carbonyl (C=O) groups is 1. The van der Waals surface area contributed by atoms with Gasteiger partial charge in [0.1, 0.15) is 24.4 Å². The van der Waals surface area contributed by atoms with Gasteiger partial charge in [0.25, 0.3) is 0 Å². The lowest BCUT2D eigenvalue weighted by atomic mass is 9.91. The fourth-order valence-electron chi connectivity index (χ4n) is 2.96. The van der Waals surface area contributed by atoms with E-state index in [9.17, 15) is 4.79 Å². The highest BCUT2D eigenvalue weighted by Gasteiger charge is 2.33. The molecule has 2 atom stereocenters. The van der Waals surface area contributed by atoms with Crippen LogP contribution in [-0.2, 0) is 17.8 Å². The summed E-state index contributed by atoms with van der Waals surface area (Å²) in [7, 11) is 0. The summed E-state index contributed by atoms with van der Waals surface area (Å²) >= 11 is 0. The Bertz CT molecular complexity index is 622. The molecule has 2 unspecified atom stereocenters. The molecule has 0 bridgehead atoms. The van der Waals surface area contributed by atoms with Crippen molar-refractivity contribution in [2.45, 2.75) is 45.7 Å². The lowest BCUT2D eigenvalue weighted by Crippen LogP contribution is -2.42. The Morgan fingerprint density at radius 2 is 2.32 bits per heavy atom. The molecule has 2 aromatic heterocycles. The van der Waals surface area contributed by atoms with Crippen LogP contribution >= 0.6 is 0 Å². The maximum atomic E-state index is 12.6. The molecule has 1 amide bonds. The van der Waals surface area contributed by atoms with Crippen LogP contribution in [0.2, 0.25) is 0 Å². The van der Waals surface area contributed by atoms with Crippen molar-refractivity contribution in [3.8, 4) is 0 Å². The average molecular weight is 303 g/mol. The summed E-state index contributed by atoms with van der Waals surface area (Å²) in [5.41, 5.74) is 0. The van der Waals surface area contributed by atoms with Crippen LogP contribution < -0.4 is 0 Å². The maximum Gasteiger partial charge on any atom is 0.245 e. The number of likely N-dealkylation sites (tertiary alicyclic amines) is 1. The third-order valence-electron chi connectivity index (χ3n) is 4.23. The van der Waals surface area contributed by atoms with Crippen molar-refractivity contribution in [1.82, 2.24) is 25.1 Å². The molecule has 2 aromatic rings. The standard InChI is InChI=1S/C15H21N5O2/c1-3-12-4-5-14(22-12)13-8-11(2)6-7-20(13)15(21)9-19-10-16-17-18-19/h4-5,10-11,13H,3,6-9H2,1-2H3. The number of aryl methyl sites for hydroxylation is 1. The minimum Gasteiger partial charge on any atom is -0.464 e. The lowest BCUT2D eigenvalue weighted by Gasteiger charge is -2.37. The van der Waals surface area contributed by atoms with Gasteiger partial charge >= 0.3 is 0 Å². The molecule has 0 N–H and O–H groups in total. The second-order valence-electron chi connectivity index (χ2n) is 5.90. The molecular formula is C15H21N5O2. The Kier molecular flexibility index (Phi) is 4.22. The topological polar surface area (TPSA) is 77.1 Å². The molecule has 0 saturated carbocycles. The summed E-state index contributed by atoms with van der Waals surface area (Å²) < 4.78 is 7.35. The number of hydrogen-bond acceptors (Lipinski definition) is 5. The summed E-state index contributed by atoms with van der Waals surface area (Å²) in [5, 5.41) is 10.9. The van der Waals surface area contributed by atoms with E-state index in [0.717, 1.165) is 37.3 Å². The minimum atomic E-state index is 0.00744. The number of hydrogen-bond donors (Lipinski definition) is 0. The van der Waals surface area contributed by atoms with Gasteiger partial charge in [-0.3, -0.25) is 4.79 Å². The van der Waals surface area contributed by atoms with Crippen molar-refractivity contribution in [1.29, 1.82) is 0 Å². The number of rotatable bonds is 4. The normalized spacial score (nSPS) is 22.0. The van der Waals surface area contributed by atoms with E-state index in [4.69, 9.17) is 4.42 Å². The summed E-state index contributed by atoms with van der Waals surface area (Å²) in [6, 6.07) is 4.00. The molecule has 0 spiro atoms. The SMILES string of the molecule is CCc1ccc(C2CC(C)CCN2C(=O)Cn2cnnn2)o1. The van der Waals surface area contributed by atoms with Crippen LogP contribution in [0.3, 0.4) is 0 Å². The van der Waals surface area contributed by atoms with Gasteiger partial charge in [0.2, 0.25) is 5.91 Å². The molecule has 22 heavy (non-hydrogen) atoms. The average Bonchev–Trinajstić information content (AvgIpc) is 3.18. The Morgan fingerprint density at radius 3 is 3.00 bits per heavy atom. The molecule has 118 valence electrons. The van der Waals surface area contributed by atoms with Crippen LogP contribution in [0.4, 0.5) is 0 Å². The first kappa shape index (κ1) is 14.7. The highest BCUT2D eigenvalue weighted by atomic mass is 16.3. The molecule has 1 fully saturated rings. The van der Waals surface area contributed by atoms with E-state index in [0.29, 0.717) is 5.92 Å². The monoisotopic (exact) mass is 303 g/mol. The number of carbonyl (C=O) groups excluding carboxylic acids is 1. The van der Waals surface area contributed by atoms with Gasteiger partial charge in [-0.05, 0) is 41.3 Å². The van der Waals surface area contributed by atoms with Crippen molar-refractivity contribution in [2.75, 3.05) is 6.54 Å². The molecule has 1 aliphatic rings. The Morgan fingerprint density at radius 1 is 1.45 bits per heavy atom. The zero-order valence-corrected chi connectivity index (χ0v) is 13.0. The van der Waals surface area contributed by atoms with E-state index in [2.05, 4.69) is 29.4 Å². The van der Waals surface area contributed by atoms with Crippen LogP contribution in [-0.4, -0.2) is 37.6 Å². The van der Waals surface area contributed by atoms with E-state index in [1.165, 1.54) is 11.0 Å². The summed E-state index contributed by atoms with van der Waals surface area (Å²) in [6.45, 7) is 5.20. The van der Waals surface area contributed by atoms with Gasteiger partial charge in [-0.25, -0.2) is 4.68 Å². The van der Waals surface area contributed by atoms with Gasteiger partial charge in [0.05, 0.1) is 6.04 Å². The van der Waals surface area contributed by atoms with Crippen molar-refractivity contribution >= 4 is 5.91 Å². The quantitative estimate of drug-likeness (QED) is 0.861. The number of furan rings is 1. The van der Waals surface area contributed by atoms with Gasteiger partial charge < -0.3 is 9.32 Å². The maximum absolute atomic E-state index is 12.6. The van der Waals surface area contributed by atoms with Crippen molar-refractivity contribution in [2.24, 2.45) is 5.92 Å². The number of piperidine rings is 1. The zero-order valence-electron chi connectivity index (χ0n) is 13.0. The van der Waals surface area contributed by atoms with Crippen molar-refractivity contribution < 1.29 is 9.21 Å². The second kappa shape index (κ2) is 6.29. The Balaban J connectivity index is 1.78. The van der Waals surface area contributed by atoms with E-state index >= 15 is 0 Å². The van der Waals surface area contributed by atoms with Crippen LogP contribution in [0.25, 0.3) is 0 Å². The van der Waals surface area contributed by atoms with Crippen LogP contribution in [0.5, 0.6) is 0 Å². The van der Waals surface area contributed by atoms with Gasteiger partial charge in [-0.15, -0.1) is 5.10 Å². The molecule has 0 aliphatic carbocycles. The van der Waals surface area contributed by atoms with Crippen LogP contribution in [0, 0.1) is 5.92 Å². The molecule has 1 saturated heterocycles. The highest BCUT2D eigenvalue weighted by molar-refractivity contribution is 5.76. The number of tetrazole rings is 1. The predicted molar refractivity (Wildman–Crippen MR) is 78.8 cm³/mol. The van der Waals surface area contributed by atoms with E-state index < -0.39 is 0 Å². The number of aromatic nitrogens is 4. The summed E-state index contributed by atoms with van der Waals surface area (Å²) in [5.74, 6) is 2.45. The lowest BCUT2D eigenvalue weighted by molar-refractivity contribution is -0.137. The van der Waals surface area contributed by atoms with Gasteiger partial charge in [0, 0.05) is 13.0 Å². The van der Waals surface area contributed by atoms with E-state index in [1.807, 2.05) is 17.0 Å². The van der Waals surface area contributed by atoms with Crippen molar-refractivity contribution in [3.05, 3.63) is 30.0 Å². The third kappa shape index (κ3) is 3.03. The van der Waals surface area contributed by atoms with Crippen molar-refractivity contribution in [3.63, 3.8) is 0 Å². The Hall–Kier alpha value is -2.18. The van der Waals surface area contributed by atoms with Crippen LogP contribution in [0.1, 0.15) is 44.3 Å². The molecular weight excluding hydrogens is 282 g/mol. The molecule has 1 aliphatic heterocycles. The van der Waals surface area contributed by atoms with E-state index in [-0.39, 0.29) is 18.5 Å². The highest BCUT2D eigenvalue weighted by Crippen LogP contribution is 2.35. The number of amides is 1. The predicted octanol–water partition coefficient (Wildman–Crippen LogP) is 1.83. The summed E-state index contributed by atoms with van der Waals surface area (Å²) in [6.07, 6.45) is 4.26. The molecule has 0 aromatic carbocycles. The van der Waals surface area contributed by atoms with E-state index in [1.54, 1.807) is 0 Å². The van der Waals surface area contributed by atoms with Crippen LogP contribution in [0.15, 0.2) is 22.9 Å². The first-order chi connectivity index (χ1) is 10.7. The minimum absolute atomic E-state index is 0.00744. The fourth-order valence-corrected chi connectivity index (χ4v) is 2.96. The molecule has 7 nitrogen and oxygen atoms in total. The van der Waals surface area contributed by atoms with Gasteiger partial charge in [0.15, 0.2) is 0 Å². The fraction of sp³-hybridized carbons (Fsp3) is 0.600.